The Morgan fingerprint density at radius 1 is 1.45 bits per heavy atom. The number of hydrogen-bond acceptors (Lipinski definition) is 5. The predicted molar refractivity (Wildman–Crippen MR) is 74.1 cm³/mol. The van der Waals surface area contributed by atoms with Crippen LogP contribution in [0.15, 0.2) is 23.1 Å². The quantitative estimate of drug-likeness (QED) is 0.779. The normalized spacial score (nSPS) is 12.9. The molecule has 112 valence electrons. The summed E-state index contributed by atoms with van der Waals surface area (Å²) in [5.74, 6) is -1.11. The fourth-order valence-corrected chi connectivity index (χ4v) is 3.08. The molecule has 0 aliphatic heterocycles. The number of carbonyl (C=O) groups is 1. The number of methoxy groups -OCH3 is 1. The van der Waals surface area contributed by atoms with Gasteiger partial charge in [0.05, 0.1) is 12.0 Å². The molecule has 0 aliphatic carbocycles. The molecular weight excluding hydrogens is 282 g/mol. The molecule has 0 fully saturated rings. The first-order valence-corrected chi connectivity index (χ1v) is 7.73. The number of ether oxygens (including phenoxy) is 1. The molecule has 0 radical (unpaired) electrons. The molecule has 0 saturated carbocycles. The van der Waals surface area contributed by atoms with Crippen molar-refractivity contribution in [1.82, 2.24) is 4.72 Å². The lowest BCUT2D eigenvalue weighted by atomic mass is 10.2. The van der Waals surface area contributed by atoms with E-state index in [0.29, 0.717) is 6.42 Å². The van der Waals surface area contributed by atoms with Crippen molar-refractivity contribution in [2.45, 2.75) is 37.6 Å². The number of phenolic OH excluding ortho intramolecular Hbond substituents is 1. The van der Waals surface area contributed by atoms with Crippen LogP contribution in [0.1, 0.15) is 37.0 Å². The predicted octanol–water partition coefficient (Wildman–Crippen LogP) is 1.65. The zero-order valence-electron chi connectivity index (χ0n) is 11.7. The molecule has 0 bridgehead atoms. The third-order valence-electron chi connectivity index (χ3n) is 2.76. The van der Waals surface area contributed by atoms with E-state index in [-0.39, 0.29) is 22.3 Å². The zero-order valence-corrected chi connectivity index (χ0v) is 12.5. The standard InChI is InChI=1S/C13H19NO5S/c1-4-5-9(2)14-20(17,18)10-6-7-12(15)11(8-10)13(16)19-3/h6-9,14-15H,4-5H2,1-3H3. The molecule has 1 atom stereocenters. The van der Waals surface area contributed by atoms with E-state index in [4.69, 9.17) is 0 Å². The van der Waals surface area contributed by atoms with Gasteiger partial charge in [-0.3, -0.25) is 0 Å². The first kappa shape index (κ1) is 16.5. The first-order chi connectivity index (χ1) is 9.31. The molecule has 1 unspecified atom stereocenters. The molecule has 0 saturated heterocycles. The fourth-order valence-electron chi connectivity index (χ4n) is 1.78. The third-order valence-corrected chi connectivity index (χ3v) is 4.35. The Morgan fingerprint density at radius 3 is 2.65 bits per heavy atom. The summed E-state index contributed by atoms with van der Waals surface area (Å²) in [5.41, 5.74) is -0.182. The van der Waals surface area contributed by atoms with Crippen LogP contribution in [0.25, 0.3) is 0 Å². The van der Waals surface area contributed by atoms with Gasteiger partial charge in [-0.2, -0.15) is 0 Å². The number of hydrogen-bond donors (Lipinski definition) is 2. The number of rotatable bonds is 6. The monoisotopic (exact) mass is 301 g/mol. The van der Waals surface area contributed by atoms with Crippen molar-refractivity contribution in [3.8, 4) is 5.75 Å². The molecule has 20 heavy (non-hydrogen) atoms. The van der Waals surface area contributed by atoms with Gasteiger partial charge in [0.1, 0.15) is 11.3 Å². The Bertz CT molecular complexity index is 582. The summed E-state index contributed by atoms with van der Waals surface area (Å²) in [6.07, 6.45) is 1.56. The maximum atomic E-state index is 12.1. The lowest BCUT2D eigenvalue weighted by molar-refractivity contribution is 0.0597. The van der Waals surface area contributed by atoms with Crippen LogP contribution in [-0.2, 0) is 14.8 Å². The minimum Gasteiger partial charge on any atom is -0.507 e. The molecule has 0 aromatic heterocycles. The maximum absolute atomic E-state index is 12.1. The fraction of sp³-hybridized carbons (Fsp3) is 0.462. The van der Waals surface area contributed by atoms with Crippen LogP contribution in [0.4, 0.5) is 0 Å². The van der Waals surface area contributed by atoms with E-state index in [0.717, 1.165) is 25.7 Å². The highest BCUT2D eigenvalue weighted by molar-refractivity contribution is 7.89. The maximum Gasteiger partial charge on any atom is 0.341 e. The molecule has 0 aliphatic rings. The number of aromatic hydroxyl groups is 1. The van der Waals surface area contributed by atoms with Gasteiger partial charge < -0.3 is 9.84 Å². The van der Waals surface area contributed by atoms with Crippen LogP contribution < -0.4 is 4.72 Å². The van der Waals surface area contributed by atoms with E-state index in [1.165, 1.54) is 6.07 Å². The average molecular weight is 301 g/mol. The summed E-state index contributed by atoms with van der Waals surface area (Å²) in [7, 11) is -2.57. The summed E-state index contributed by atoms with van der Waals surface area (Å²) >= 11 is 0. The van der Waals surface area contributed by atoms with Crippen LogP contribution in [0, 0.1) is 0 Å². The van der Waals surface area contributed by atoms with Crippen LogP contribution in [0.3, 0.4) is 0 Å². The molecule has 0 amide bonds. The average Bonchev–Trinajstić information content (AvgIpc) is 2.37. The molecule has 6 nitrogen and oxygen atoms in total. The van der Waals surface area contributed by atoms with Crippen molar-refractivity contribution in [2.75, 3.05) is 7.11 Å². The number of esters is 1. The number of benzene rings is 1. The van der Waals surface area contributed by atoms with Crippen LogP contribution in [0.5, 0.6) is 5.75 Å². The van der Waals surface area contributed by atoms with Gasteiger partial charge >= 0.3 is 5.97 Å². The van der Waals surface area contributed by atoms with Crippen molar-refractivity contribution >= 4 is 16.0 Å². The van der Waals surface area contributed by atoms with Crippen molar-refractivity contribution in [1.29, 1.82) is 0 Å². The molecule has 1 aromatic rings. The SMILES string of the molecule is CCCC(C)NS(=O)(=O)c1ccc(O)c(C(=O)OC)c1. The number of phenols is 1. The van der Waals surface area contributed by atoms with Gasteiger partial charge in [0.15, 0.2) is 0 Å². The second-order valence-corrected chi connectivity index (χ2v) is 6.20. The zero-order chi connectivity index (χ0) is 15.3. The molecule has 7 heteroatoms. The van der Waals surface area contributed by atoms with E-state index in [9.17, 15) is 18.3 Å². The molecule has 0 heterocycles. The van der Waals surface area contributed by atoms with Crippen LogP contribution >= 0.6 is 0 Å². The Hall–Kier alpha value is -1.60. The number of sulfonamides is 1. The van der Waals surface area contributed by atoms with Gasteiger partial charge in [0.25, 0.3) is 0 Å². The minimum absolute atomic E-state index is 0.0846. The van der Waals surface area contributed by atoms with E-state index < -0.39 is 16.0 Å². The van der Waals surface area contributed by atoms with E-state index >= 15 is 0 Å². The van der Waals surface area contributed by atoms with Gasteiger partial charge in [-0.25, -0.2) is 17.9 Å². The third kappa shape index (κ3) is 3.94. The van der Waals surface area contributed by atoms with Gasteiger partial charge in [-0.15, -0.1) is 0 Å². The highest BCUT2D eigenvalue weighted by Crippen LogP contribution is 2.22. The van der Waals surface area contributed by atoms with E-state index in [1.54, 1.807) is 6.92 Å². The summed E-state index contributed by atoms with van der Waals surface area (Å²) in [4.78, 5) is 11.4. The molecular formula is C13H19NO5S. The Morgan fingerprint density at radius 2 is 2.10 bits per heavy atom. The van der Waals surface area contributed by atoms with E-state index in [1.807, 2.05) is 6.92 Å². The summed E-state index contributed by atoms with van der Waals surface area (Å²) in [5, 5.41) is 9.55. The lowest BCUT2D eigenvalue weighted by Gasteiger charge is -2.14. The van der Waals surface area contributed by atoms with Crippen molar-refractivity contribution in [3.63, 3.8) is 0 Å². The van der Waals surface area contributed by atoms with Crippen molar-refractivity contribution in [2.24, 2.45) is 0 Å². The molecule has 0 spiro atoms. The van der Waals surface area contributed by atoms with Crippen LogP contribution in [0.2, 0.25) is 0 Å². The van der Waals surface area contributed by atoms with Gasteiger partial charge in [0.2, 0.25) is 10.0 Å². The Labute approximate surface area is 118 Å². The topological polar surface area (TPSA) is 92.7 Å². The largest absolute Gasteiger partial charge is 0.507 e. The summed E-state index contributed by atoms with van der Waals surface area (Å²) < 4.78 is 31.3. The molecule has 2 N–H and O–H groups in total. The highest BCUT2D eigenvalue weighted by atomic mass is 32.2. The summed E-state index contributed by atoms with van der Waals surface area (Å²) in [6, 6.07) is 3.29. The van der Waals surface area contributed by atoms with E-state index in [2.05, 4.69) is 9.46 Å². The first-order valence-electron chi connectivity index (χ1n) is 6.25. The van der Waals surface area contributed by atoms with Crippen LogP contribution in [-0.4, -0.2) is 32.6 Å². The second-order valence-electron chi connectivity index (χ2n) is 4.48. The van der Waals surface area contributed by atoms with Gasteiger partial charge in [-0.1, -0.05) is 13.3 Å². The van der Waals surface area contributed by atoms with Gasteiger partial charge in [-0.05, 0) is 31.5 Å². The molecule has 1 rings (SSSR count). The highest BCUT2D eigenvalue weighted by Gasteiger charge is 2.21. The Kier molecular flexibility index (Phi) is 5.52. The van der Waals surface area contributed by atoms with Gasteiger partial charge in [0, 0.05) is 6.04 Å². The Balaban J connectivity index is 3.10. The number of carbonyl (C=O) groups excluding carboxylic acids is 1. The minimum atomic E-state index is -3.73. The molecule has 1 aromatic carbocycles. The number of nitrogens with one attached hydrogen (secondary N) is 1. The second kappa shape index (κ2) is 6.71. The van der Waals surface area contributed by atoms with Crippen molar-refractivity contribution in [3.05, 3.63) is 23.8 Å². The smallest absolute Gasteiger partial charge is 0.341 e. The lowest BCUT2D eigenvalue weighted by Crippen LogP contribution is -2.32. The summed E-state index contributed by atoms with van der Waals surface area (Å²) in [6.45, 7) is 3.73. The van der Waals surface area contributed by atoms with Crippen molar-refractivity contribution < 1.29 is 23.1 Å².